The lowest BCUT2D eigenvalue weighted by molar-refractivity contribution is -0.0259. The zero-order valence-corrected chi connectivity index (χ0v) is 19.3. The largest absolute Gasteiger partial charge is 0.392 e. The van der Waals surface area contributed by atoms with E-state index in [1.54, 1.807) is 24.3 Å². The van der Waals surface area contributed by atoms with Crippen molar-refractivity contribution in [1.29, 1.82) is 2.67 Å². The van der Waals surface area contributed by atoms with Gasteiger partial charge in [-0.2, -0.15) is 4.98 Å². The van der Waals surface area contributed by atoms with Gasteiger partial charge in [-0.3, -0.25) is 9.36 Å². The Hall–Kier alpha value is -2.64. The quantitative estimate of drug-likeness (QED) is 0.277. The van der Waals surface area contributed by atoms with Crippen LogP contribution in [0.3, 0.4) is 0 Å². The van der Waals surface area contributed by atoms with Crippen LogP contribution in [0.15, 0.2) is 53.1 Å². The van der Waals surface area contributed by atoms with Crippen molar-refractivity contribution in [2.75, 3.05) is 43.9 Å². The second-order valence-electron chi connectivity index (χ2n) is 7.60. The Morgan fingerprint density at radius 3 is 2.88 bits per heavy atom. The Morgan fingerprint density at radius 2 is 2.18 bits per heavy atom. The van der Waals surface area contributed by atoms with Crippen LogP contribution in [-0.4, -0.2) is 80.6 Å². The third-order valence-electron chi connectivity index (χ3n) is 5.40. The van der Waals surface area contributed by atoms with Crippen molar-refractivity contribution in [3.8, 4) is 0 Å². The number of ether oxygens (including phenoxy) is 2. The van der Waals surface area contributed by atoms with Gasteiger partial charge in [0.15, 0.2) is 6.23 Å². The molecule has 0 aliphatic carbocycles. The van der Waals surface area contributed by atoms with Crippen molar-refractivity contribution in [2.24, 2.45) is 0 Å². The minimum absolute atomic E-state index is 0.110. The van der Waals surface area contributed by atoms with Gasteiger partial charge in [0.05, 0.1) is 32.1 Å². The van der Waals surface area contributed by atoms with Crippen molar-refractivity contribution in [3.05, 3.63) is 69.9 Å². The summed E-state index contributed by atoms with van der Waals surface area (Å²) in [4.78, 5) is 31.6. The smallest absolute Gasteiger partial charge is 0.351 e. The highest BCUT2D eigenvalue weighted by Crippen LogP contribution is 2.31. The fraction of sp³-hybridized carbons (Fsp3) is 0.409. The zero-order chi connectivity index (χ0) is 25.5. The van der Waals surface area contributed by atoms with Gasteiger partial charge in [0.2, 0.25) is 0 Å². The van der Waals surface area contributed by atoms with Crippen LogP contribution in [0.5, 0.6) is 0 Å². The van der Waals surface area contributed by atoms with E-state index >= 15 is 0 Å². The maximum atomic E-state index is 12.9. The predicted molar refractivity (Wildman–Crippen MR) is 130 cm³/mol. The number of carbonyl (C=O) groups is 1. The van der Waals surface area contributed by atoms with Crippen molar-refractivity contribution >= 4 is 31.5 Å². The summed E-state index contributed by atoms with van der Waals surface area (Å²) in [7, 11) is -0.977. The van der Waals surface area contributed by atoms with Crippen LogP contribution in [0.1, 0.15) is 22.1 Å². The summed E-state index contributed by atoms with van der Waals surface area (Å²) in [5, 5.41) is 11.8. The first-order valence-corrected chi connectivity index (χ1v) is 11.7. The van der Waals surface area contributed by atoms with Gasteiger partial charge in [0.1, 0.15) is 19.7 Å². The number of nitrogens with one attached hydrogen (secondary N) is 1. The topological polar surface area (TPSA) is 115 Å². The molecule has 1 aromatic carbocycles. The van der Waals surface area contributed by atoms with E-state index in [0.717, 1.165) is 17.7 Å². The van der Waals surface area contributed by atoms with Crippen LogP contribution in [0.4, 0.5) is 5.82 Å². The maximum absolute atomic E-state index is 12.9. The third kappa shape index (κ3) is 5.88. The van der Waals surface area contributed by atoms with E-state index in [2.05, 4.69) is 15.2 Å². The van der Waals surface area contributed by atoms with Crippen LogP contribution in [0.2, 0.25) is 0 Å². The van der Waals surface area contributed by atoms with Gasteiger partial charge in [0, 0.05) is 24.8 Å². The van der Waals surface area contributed by atoms with Gasteiger partial charge in [0.25, 0.3) is 5.91 Å². The van der Waals surface area contributed by atoms with E-state index in [0.29, 0.717) is 37.4 Å². The molecule has 10 nitrogen and oxygen atoms in total. The summed E-state index contributed by atoms with van der Waals surface area (Å²) in [6.45, 7) is 2.51. The Kier molecular flexibility index (Phi) is 7.51. The standard InChI is InChI=1S/C22H27BN4O6S/c23-14-34-32-13-17-11-18(26-7-9-31-10-8-26)21(33-17)27-6-5-19(25-22(27)30)24-20(29)16-3-1-15(12-28)2-4-16/h1-6,11,17,21,28H,7-10,12-14,23H2,(H,24,25,29,30)/t17-,21+/m0/s1/i23TD. The number of aliphatic hydroxyl groups excluding tert-OH is 1. The molecule has 34 heavy (non-hydrogen) atoms. The molecule has 12 heteroatoms. The second-order valence-corrected chi connectivity index (χ2v) is 8.40. The number of hydrogen-bond donors (Lipinski definition) is 2. The number of anilines is 1. The molecule has 0 spiro atoms. The highest BCUT2D eigenvalue weighted by atomic mass is 32.2. The van der Waals surface area contributed by atoms with E-state index in [1.165, 1.54) is 16.8 Å². The predicted octanol–water partition coefficient (Wildman–Crippen LogP) is 0.357. The number of rotatable bonds is 10. The zero-order valence-electron chi connectivity index (χ0n) is 20.5. The van der Waals surface area contributed by atoms with Gasteiger partial charge in [-0.1, -0.05) is 12.1 Å². The lowest BCUT2D eigenvalue weighted by Gasteiger charge is -2.32. The summed E-state index contributed by atoms with van der Waals surface area (Å²) in [5.41, 5.74) is 1.50. The number of nitrogens with zero attached hydrogens (tertiary/aromatic N) is 3. The first-order chi connectivity index (χ1) is 17.4. The minimum Gasteiger partial charge on any atom is -0.392 e. The SMILES string of the molecule is [2H]B([3H])CSOC[C@@H]1C=C(N2CCOCC2)[C@H](n2ccc(NC(=O)c3ccc(CO)cc3)nc2=O)O1. The van der Waals surface area contributed by atoms with Crippen LogP contribution in [0.25, 0.3) is 0 Å². The second kappa shape index (κ2) is 11.7. The molecule has 0 saturated carbocycles. The van der Waals surface area contributed by atoms with Crippen LogP contribution >= 0.6 is 12.0 Å². The molecular weight excluding hydrogens is 459 g/mol. The molecule has 3 heterocycles. The first-order valence-electron chi connectivity index (χ1n) is 12.0. The molecule has 0 radical (unpaired) electrons. The fourth-order valence-electron chi connectivity index (χ4n) is 3.70. The molecule has 2 N–H and O–H groups in total. The molecule has 0 unspecified atom stereocenters. The first kappa shape index (κ1) is 21.9. The Bertz CT molecular complexity index is 1130. The number of hydrogen-bond acceptors (Lipinski definition) is 9. The van der Waals surface area contributed by atoms with E-state index in [-0.39, 0.29) is 24.7 Å². The fourth-order valence-corrected chi connectivity index (χ4v) is 4.03. The van der Waals surface area contributed by atoms with Crippen molar-refractivity contribution in [3.63, 3.8) is 0 Å². The summed E-state index contributed by atoms with van der Waals surface area (Å²) >= 11 is 1.04. The van der Waals surface area contributed by atoms with Gasteiger partial charge in [-0.25, -0.2) is 4.79 Å². The molecule has 1 amide bonds. The normalized spacial score (nSPS) is 21.0. The average Bonchev–Trinajstić information content (AvgIpc) is 3.31. The lowest BCUT2D eigenvalue weighted by atomic mass is 10.1. The van der Waals surface area contributed by atoms with Crippen molar-refractivity contribution < 1.29 is 23.6 Å². The minimum atomic E-state index is -0.977. The highest BCUT2D eigenvalue weighted by molar-refractivity contribution is 7.95. The number of carbonyl (C=O) groups excluding carboxylic acids is 1. The molecule has 180 valence electrons. The number of morpholine rings is 1. The van der Waals surface area contributed by atoms with Crippen molar-refractivity contribution in [1.82, 2.24) is 14.5 Å². The molecule has 0 bridgehead atoms. The molecule has 2 aromatic rings. The number of benzene rings is 1. The molecule has 2 atom stereocenters. The Labute approximate surface area is 205 Å². The molecule has 1 fully saturated rings. The lowest BCUT2D eigenvalue weighted by Crippen LogP contribution is -2.39. The van der Waals surface area contributed by atoms with Gasteiger partial charge in [-0.15, -0.1) is 0 Å². The number of aliphatic hydroxyl groups is 1. The summed E-state index contributed by atoms with van der Waals surface area (Å²) in [5.74, 6) is -0.313. The molecule has 4 rings (SSSR count). The van der Waals surface area contributed by atoms with E-state index < -0.39 is 31.7 Å². The van der Waals surface area contributed by atoms with Crippen LogP contribution in [-0.2, 0) is 20.3 Å². The van der Waals surface area contributed by atoms with Gasteiger partial charge >= 0.3 is 5.69 Å². The number of aromatic nitrogens is 2. The van der Waals surface area contributed by atoms with E-state index in [4.69, 9.17) is 21.4 Å². The average molecular weight is 489 g/mol. The van der Waals surface area contributed by atoms with Crippen LogP contribution < -0.4 is 11.0 Å². The van der Waals surface area contributed by atoms with Gasteiger partial charge < -0.3 is 29.0 Å². The third-order valence-corrected chi connectivity index (χ3v) is 5.84. The molecule has 2 aliphatic heterocycles. The molecular formula is C22H27BN4O6S. The van der Waals surface area contributed by atoms with Crippen LogP contribution in [0, 0.1) is 0 Å². The number of amides is 1. The van der Waals surface area contributed by atoms with Gasteiger partial charge in [-0.05, 0) is 50.2 Å². The molecule has 1 saturated heterocycles. The maximum Gasteiger partial charge on any atom is 0.351 e. The summed E-state index contributed by atoms with van der Waals surface area (Å²) < 4.78 is 32.9. The molecule has 1 aromatic heterocycles. The summed E-state index contributed by atoms with van der Waals surface area (Å²) in [6, 6.07) is 8.00. The van der Waals surface area contributed by atoms with Crippen molar-refractivity contribution in [2.45, 2.75) is 18.9 Å². The highest BCUT2D eigenvalue weighted by Gasteiger charge is 2.33. The van der Waals surface area contributed by atoms with E-state index in [1.807, 2.05) is 6.08 Å². The monoisotopic (exact) mass is 489 g/mol. The Morgan fingerprint density at radius 1 is 1.38 bits per heavy atom. The molecule has 2 aliphatic rings. The Balaban J connectivity index is 1.47. The summed E-state index contributed by atoms with van der Waals surface area (Å²) in [6.07, 6.45) is 2.29. The van der Waals surface area contributed by atoms with E-state index in [9.17, 15) is 9.59 Å².